The number of aryl methyl sites for hydroxylation is 2. The smallest absolute Gasteiger partial charge is 0.131 e. The second-order valence-electron chi connectivity index (χ2n) is 5.56. The molecule has 0 amide bonds. The molecular weight excluding hydrogens is 248 g/mol. The average molecular weight is 270 g/mol. The molecule has 0 saturated heterocycles. The summed E-state index contributed by atoms with van der Waals surface area (Å²) in [4.78, 5) is 0. The Hall–Kier alpha value is -1.80. The molecule has 2 nitrogen and oxygen atoms in total. The van der Waals surface area contributed by atoms with Crippen LogP contribution in [0, 0.1) is 13.8 Å². The zero-order valence-electron chi connectivity index (χ0n) is 12.6. The maximum atomic E-state index is 9.16. The van der Waals surface area contributed by atoms with Gasteiger partial charge in [0, 0.05) is 0 Å². The Morgan fingerprint density at radius 3 is 2.35 bits per heavy atom. The Bertz CT molecular complexity index is 600. The molecule has 0 aliphatic rings. The predicted molar refractivity (Wildman–Crippen MR) is 82.4 cm³/mol. The summed E-state index contributed by atoms with van der Waals surface area (Å²) in [6.45, 7) is 8.46. The average Bonchev–Trinajstić information content (AvgIpc) is 2.40. The summed E-state index contributed by atoms with van der Waals surface area (Å²) in [5, 5.41) is 9.16. The van der Waals surface area contributed by atoms with Crippen molar-refractivity contribution >= 4 is 0 Å². The van der Waals surface area contributed by atoms with E-state index in [1.54, 1.807) is 0 Å². The van der Waals surface area contributed by atoms with Crippen LogP contribution in [0.25, 0.3) is 0 Å². The van der Waals surface area contributed by atoms with Crippen molar-refractivity contribution in [2.45, 2.75) is 40.2 Å². The number of aliphatic hydroxyl groups is 1. The second kappa shape index (κ2) is 6.10. The molecule has 0 bridgehead atoms. The van der Waals surface area contributed by atoms with Crippen LogP contribution in [0.15, 0.2) is 36.4 Å². The van der Waals surface area contributed by atoms with Crippen LogP contribution in [0.2, 0.25) is 0 Å². The van der Waals surface area contributed by atoms with E-state index < -0.39 is 0 Å². The minimum absolute atomic E-state index is 0.0583. The van der Waals surface area contributed by atoms with Crippen LogP contribution in [0.5, 0.6) is 11.5 Å². The fourth-order valence-corrected chi connectivity index (χ4v) is 2.25. The maximum Gasteiger partial charge on any atom is 0.131 e. The van der Waals surface area contributed by atoms with Gasteiger partial charge in [0.05, 0.1) is 6.61 Å². The van der Waals surface area contributed by atoms with Crippen molar-refractivity contribution in [3.63, 3.8) is 0 Å². The Balaban J connectivity index is 2.36. The Labute approximate surface area is 121 Å². The first-order valence-electron chi connectivity index (χ1n) is 7.00. The summed E-state index contributed by atoms with van der Waals surface area (Å²) < 4.78 is 6.10. The van der Waals surface area contributed by atoms with E-state index in [4.69, 9.17) is 9.84 Å². The van der Waals surface area contributed by atoms with E-state index in [0.717, 1.165) is 22.6 Å². The third kappa shape index (κ3) is 3.20. The molecule has 0 spiro atoms. The van der Waals surface area contributed by atoms with Crippen molar-refractivity contribution in [1.29, 1.82) is 0 Å². The number of ether oxygens (including phenoxy) is 1. The zero-order chi connectivity index (χ0) is 14.7. The summed E-state index contributed by atoms with van der Waals surface area (Å²) in [6.07, 6.45) is 0. The standard InChI is InChI=1S/C18H22O2/c1-12(2)16-7-5-13(3)9-18(16)20-17-8-6-15(11-19)10-14(17)4/h5-10,12,19H,11H2,1-4H3. The normalized spacial score (nSPS) is 10.9. The van der Waals surface area contributed by atoms with Crippen molar-refractivity contribution < 1.29 is 9.84 Å². The van der Waals surface area contributed by atoms with E-state index in [0.29, 0.717) is 5.92 Å². The molecule has 0 unspecified atom stereocenters. The van der Waals surface area contributed by atoms with Crippen LogP contribution in [0.4, 0.5) is 0 Å². The van der Waals surface area contributed by atoms with E-state index in [9.17, 15) is 0 Å². The van der Waals surface area contributed by atoms with Gasteiger partial charge in [0.25, 0.3) is 0 Å². The highest BCUT2D eigenvalue weighted by molar-refractivity contribution is 5.45. The first-order chi connectivity index (χ1) is 9.51. The second-order valence-corrected chi connectivity index (χ2v) is 5.56. The minimum atomic E-state index is 0.0583. The number of aliphatic hydroxyl groups excluding tert-OH is 1. The molecule has 2 aromatic rings. The van der Waals surface area contributed by atoms with Gasteiger partial charge in [0.15, 0.2) is 0 Å². The van der Waals surface area contributed by atoms with Crippen LogP contribution < -0.4 is 4.74 Å². The lowest BCUT2D eigenvalue weighted by Crippen LogP contribution is -1.96. The topological polar surface area (TPSA) is 29.5 Å². The summed E-state index contributed by atoms with van der Waals surface area (Å²) in [5.41, 5.74) is 4.34. The summed E-state index contributed by atoms with van der Waals surface area (Å²) in [6, 6.07) is 12.1. The SMILES string of the molecule is Cc1ccc(C(C)C)c(Oc2ccc(CO)cc2C)c1. The molecule has 0 aliphatic heterocycles. The van der Waals surface area contributed by atoms with E-state index in [2.05, 4.69) is 39.0 Å². The lowest BCUT2D eigenvalue weighted by Gasteiger charge is -2.16. The quantitative estimate of drug-likeness (QED) is 0.871. The first kappa shape index (κ1) is 14.6. The molecule has 0 aliphatic carbocycles. The molecule has 0 fully saturated rings. The molecule has 0 saturated carbocycles. The largest absolute Gasteiger partial charge is 0.457 e. The van der Waals surface area contributed by atoms with Gasteiger partial charge in [0.2, 0.25) is 0 Å². The molecule has 0 radical (unpaired) electrons. The molecule has 2 rings (SSSR count). The third-order valence-corrected chi connectivity index (χ3v) is 3.43. The molecule has 2 heteroatoms. The van der Waals surface area contributed by atoms with Crippen molar-refractivity contribution in [1.82, 2.24) is 0 Å². The third-order valence-electron chi connectivity index (χ3n) is 3.43. The van der Waals surface area contributed by atoms with Gasteiger partial charge < -0.3 is 9.84 Å². The summed E-state index contributed by atoms with van der Waals surface area (Å²) in [5.74, 6) is 2.18. The first-order valence-corrected chi connectivity index (χ1v) is 7.00. The van der Waals surface area contributed by atoms with Crippen LogP contribution in [-0.4, -0.2) is 5.11 Å². The number of hydrogen-bond acceptors (Lipinski definition) is 2. The molecule has 0 aromatic heterocycles. The molecule has 1 N–H and O–H groups in total. The predicted octanol–water partition coefficient (Wildman–Crippen LogP) is 4.71. The minimum Gasteiger partial charge on any atom is -0.457 e. The molecule has 2 aromatic carbocycles. The van der Waals surface area contributed by atoms with Gasteiger partial charge in [-0.15, -0.1) is 0 Å². The summed E-state index contributed by atoms with van der Waals surface area (Å²) in [7, 11) is 0. The zero-order valence-corrected chi connectivity index (χ0v) is 12.6. The van der Waals surface area contributed by atoms with Gasteiger partial charge in [0.1, 0.15) is 11.5 Å². The maximum absolute atomic E-state index is 9.16. The van der Waals surface area contributed by atoms with Gasteiger partial charge in [-0.2, -0.15) is 0 Å². The van der Waals surface area contributed by atoms with Crippen LogP contribution in [-0.2, 0) is 6.61 Å². The van der Waals surface area contributed by atoms with E-state index in [1.807, 2.05) is 25.1 Å². The highest BCUT2D eigenvalue weighted by Gasteiger charge is 2.10. The molecular formula is C18H22O2. The molecule has 20 heavy (non-hydrogen) atoms. The van der Waals surface area contributed by atoms with Crippen LogP contribution in [0.1, 0.15) is 42.0 Å². The van der Waals surface area contributed by atoms with Gasteiger partial charge in [-0.3, -0.25) is 0 Å². The summed E-state index contributed by atoms with van der Waals surface area (Å²) >= 11 is 0. The lowest BCUT2D eigenvalue weighted by molar-refractivity contribution is 0.281. The number of benzene rings is 2. The van der Waals surface area contributed by atoms with Gasteiger partial charge >= 0.3 is 0 Å². The Morgan fingerprint density at radius 1 is 1.00 bits per heavy atom. The van der Waals surface area contributed by atoms with Crippen LogP contribution in [0.3, 0.4) is 0 Å². The van der Waals surface area contributed by atoms with E-state index >= 15 is 0 Å². The monoisotopic (exact) mass is 270 g/mol. The fraction of sp³-hybridized carbons (Fsp3) is 0.333. The van der Waals surface area contributed by atoms with E-state index in [1.165, 1.54) is 11.1 Å². The molecule has 0 heterocycles. The van der Waals surface area contributed by atoms with Crippen molar-refractivity contribution in [2.24, 2.45) is 0 Å². The number of hydrogen-bond donors (Lipinski definition) is 1. The van der Waals surface area contributed by atoms with Gasteiger partial charge in [-0.1, -0.05) is 38.1 Å². The van der Waals surface area contributed by atoms with Gasteiger partial charge in [-0.25, -0.2) is 0 Å². The highest BCUT2D eigenvalue weighted by Crippen LogP contribution is 2.33. The fourth-order valence-electron chi connectivity index (χ4n) is 2.25. The highest BCUT2D eigenvalue weighted by atomic mass is 16.5. The Kier molecular flexibility index (Phi) is 4.46. The molecule has 106 valence electrons. The van der Waals surface area contributed by atoms with Crippen molar-refractivity contribution in [2.75, 3.05) is 0 Å². The lowest BCUT2D eigenvalue weighted by atomic mass is 10.0. The number of rotatable bonds is 4. The molecule has 0 atom stereocenters. The van der Waals surface area contributed by atoms with Gasteiger partial charge in [-0.05, 0) is 54.2 Å². The Morgan fingerprint density at radius 2 is 1.75 bits per heavy atom. The van der Waals surface area contributed by atoms with E-state index in [-0.39, 0.29) is 6.61 Å². The van der Waals surface area contributed by atoms with Crippen LogP contribution >= 0.6 is 0 Å². The van der Waals surface area contributed by atoms with Crippen molar-refractivity contribution in [3.8, 4) is 11.5 Å². The van der Waals surface area contributed by atoms with Crippen molar-refractivity contribution in [3.05, 3.63) is 58.7 Å².